The quantitative estimate of drug-likeness (QED) is 0.815. The van der Waals surface area contributed by atoms with Crippen molar-refractivity contribution < 1.29 is 23.4 Å². The van der Waals surface area contributed by atoms with Gasteiger partial charge in [0.1, 0.15) is 5.75 Å². The molecule has 2 aromatic rings. The Labute approximate surface area is 127 Å². The first kappa shape index (κ1) is 15.2. The van der Waals surface area contributed by atoms with E-state index >= 15 is 0 Å². The van der Waals surface area contributed by atoms with E-state index in [9.17, 15) is 13.6 Å². The number of hydrogen-bond donors (Lipinski definition) is 1. The Bertz CT molecular complexity index is 714. The minimum Gasteiger partial charge on any atom is -0.478 e. The Morgan fingerprint density at radius 1 is 1.19 bits per heavy atom. The number of carbonyl (C=O) groups is 1. The van der Waals surface area contributed by atoms with Gasteiger partial charge in [-0.2, -0.15) is 4.39 Å². The predicted molar refractivity (Wildman–Crippen MR) is 77.2 cm³/mol. The van der Waals surface area contributed by atoms with Crippen molar-refractivity contribution in [3.8, 4) is 11.5 Å². The number of rotatable bonds is 4. The molecule has 3 nitrogen and oxygen atoms in total. The third kappa shape index (κ3) is 3.88. The van der Waals surface area contributed by atoms with Crippen LogP contribution < -0.4 is 4.74 Å². The number of ether oxygens (including phenoxy) is 1. The Morgan fingerprint density at radius 2 is 1.95 bits per heavy atom. The van der Waals surface area contributed by atoms with Crippen molar-refractivity contribution in [3.05, 3.63) is 64.1 Å². The minimum absolute atomic E-state index is 0.200. The number of benzene rings is 2. The first-order valence-corrected chi connectivity index (χ1v) is 6.59. The van der Waals surface area contributed by atoms with Gasteiger partial charge in [-0.25, -0.2) is 9.18 Å². The number of hydrogen-bond acceptors (Lipinski definition) is 2. The first-order chi connectivity index (χ1) is 9.97. The van der Waals surface area contributed by atoms with Crippen LogP contribution in [0, 0.1) is 11.6 Å². The number of carboxylic acid groups (broad SMARTS) is 1. The molecule has 0 spiro atoms. The molecule has 0 atom stereocenters. The molecule has 0 aliphatic rings. The van der Waals surface area contributed by atoms with Crippen LogP contribution in [0.3, 0.4) is 0 Å². The van der Waals surface area contributed by atoms with Crippen molar-refractivity contribution in [2.24, 2.45) is 0 Å². The molecule has 0 heterocycles. The molecule has 0 aliphatic heterocycles. The molecule has 1 N–H and O–H groups in total. The third-order valence-corrected chi connectivity index (χ3v) is 3.01. The average Bonchev–Trinajstić information content (AvgIpc) is 2.43. The van der Waals surface area contributed by atoms with Crippen LogP contribution in [-0.2, 0) is 4.79 Å². The van der Waals surface area contributed by atoms with E-state index in [2.05, 4.69) is 15.9 Å². The van der Waals surface area contributed by atoms with E-state index in [4.69, 9.17) is 9.84 Å². The van der Waals surface area contributed by atoms with Crippen molar-refractivity contribution in [1.82, 2.24) is 0 Å². The molecule has 0 aliphatic carbocycles. The highest BCUT2D eigenvalue weighted by molar-refractivity contribution is 9.10. The smallest absolute Gasteiger partial charge is 0.328 e. The average molecular weight is 355 g/mol. The van der Waals surface area contributed by atoms with Gasteiger partial charge in [0.05, 0.1) is 0 Å². The van der Waals surface area contributed by atoms with Gasteiger partial charge in [0.25, 0.3) is 0 Å². The van der Waals surface area contributed by atoms with Crippen molar-refractivity contribution in [3.63, 3.8) is 0 Å². The molecular formula is C15H9BrF2O3. The van der Waals surface area contributed by atoms with E-state index in [1.165, 1.54) is 24.3 Å². The lowest BCUT2D eigenvalue weighted by Crippen LogP contribution is -1.94. The molecule has 0 fully saturated rings. The van der Waals surface area contributed by atoms with E-state index in [1.54, 1.807) is 12.1 Å². The summed E-state index contributed by atoms with van der Waals surface area (Å²) < 4.78 is 32.8. The van der Waals surface area contributed by atoms with E-state index in [1.807, 2.05) is 0 Å². The molecule has 21 heavy (non-hydrogen) atoms. The molecule has 0 radical (unpaired) electrons. The van der Waals surface area contributed by atoms with Crippen molar-refractivity contribution in [1.29, 1.82) is 0 Å². The maximum absolute atomic E-state index is 13.6. The zero-order valence-electron chi connectivity index (χ0n) is 10.5. The van der Waals surface area contributed by atoms with Crippen LogP contribution in [-0.4, -0.2) is 11.1 Å². The normalized spacial score (nSPS) is 10.8. The molecule has 0 unspecified atom stereocenters. The lowest BCUT2D eigenvalue weighted by atomic mass is 10.2. The van der Waals surface area contributed by atoms with Gasteiger partial charge in [0, 0.05) is 16.1 Å². The fraction of sp³-hybridized carbons (Fsp3) is 0. The zero-order valence-corrected chi connectivity index (χ0v) is 12.1. The summed E-state index contributed by atoms with van der Waals surface area (Å²) in [5.41, 5.74) is 0.421. The Morgan fingerprint density at radius 3 is 2.67 bits per heavy atom. The van der Waals surface area contributed by atoms with Crippen LogP contribution in [0.2, 0.25) is 0 Å². The van der Waals surface area contributed by atoms with Crippen LogP contribution in [0.4, 0.5) is 8.78 Å². The molecule has 2 aromatic carbocycles. The van der Waals surface area contributed by atoms with Gasteiger partial charge >= 0.3 is 5.97 Å². The first-order valence-electron chi connectivity index (χ1n) is 5.80. The zero-order chi connectivity index (χ0) is 15.4. The van der Waals surface area contributed by atoms with Crippen LogP contribution in [0.25, 0.3) is 6.08 Å². The van der Waals surface area contributed by atoms with Gasteiger partial charge in [-0.05, 0) is 30.3 Å². The van der Waals surface area contributed by atoms with Crippen molar-refractivity contribution >= 4 is 28.0 Å². The second-order valence-electron chi connectivity index (χ2n) is 4.01. The number of carboxylic acids is 1. The second-order valence-corrected chi connectivity index (χ2v) is 4.92. The van der Waals surface area contributed by atoms with Crippen LogP contribution in [0.5, 0.6) is 11.5 Å². The van der Waals surface area contributed by atoms with E-state index in [0.29, 0.717) is 10.0 Å². The summed E-state index contributed by atoms with van der Waals surface area (Å²) >= 11 is 3.23. The molecule has 0 saturated heterocycles. The highest BCUT2D eigenvalue weighted by atomic mass is 79.9. The fourth-order valence-corrected chi connectivity index (χ4v) is 1.92. The largest absolute Gasteiger partial charge is 0.478 e. The topological polar surface area (TPSA) is 46.5 Å². The van der Waals surface area contributed by atoms with Gasteiger partial charge in [-0.3, -0.25) is 0 Å². The van der Waals surface area contributed by atoms with Gasteiger partial charge in [-0.15, -0.1) is 0 Å². The summed E-state index contributed by atoms with van der Waals surface area (Å²) in [7, 11) is 0. The van der Waals surface area contributed by atoms with Crippen molar-refractivity contribution in [2.75, 3.05) is 0 Å². The highest BCUT2D eigenvalue weighted by Crippen LogP contribution is 2.31. The molecule has 6 heteroatoms. The SMILES string of the molecule is O=C(O)C=Cc1ccc(Br)cc1Oc1cccc(F)c1F. The van der Waals surface area contributed by atoms with Crippen LogP contribution in [0.1, 0.15) is 5.56 Å². The van der Waals surface area contributed by atoms with E-state index in [0.717, 1.165) is 12.1 Å². The number of aliphatic carboxylic acids is 1. The third-order valence-electron chi connectivity index (χ3n) is 2.52. The predicted octanol–water partition coefficient (Wildman–Crippen LogP) is 4.62. The summed E-state index contributed by atoms with van der Waals surface area (Å²) in [6, 6.07) is 8.38. The Kier molecular flexibility index (Phi) is 4.70. The van der Waals surface area contributed by atoms with Crippen LogP contribution >= 0.6 is 15.9 Å². The summed E-state index contributed by atoms with van der Waals surface area (Å²) in [5, 5.41) is 8.64. The molecule has 2 rings (SSSR count). The molecule has 0 bridgehead atoms. The summed E-state index contributed by atoms with van der Waals surface area (Å²) in [4.78, 5) is 10.6. The lowest BCUT2D eigenvalue weighted by Gasteiger charge is -2.10. The summed E-state index contributed by atoms with van der Waals surface area (Å²) in [6.45, 7) is 0. The highest BCUT2D eigenvalue weighted by Gasteiger charge is 2.11. The molecule has 0 saturated carbocycles. The maximum Gasteiger partial charge on any atom is 0.328 e. The van der Waals surface area contributed by atoms with Crippen LogP contribution in [0.15, 0.2) is 46.9 Å². The standard InChI is InChI=1S/C15H9BrF2O3/c16-10-6-4-9(5-7-14(19)20)13(8-10)21-12-3-1-2-11(17)15(12)18/h1-8H,(H,19,20). The van der Waals surface area contributed by atoms with Crippen molar-refractivity contribution in [2.45, 2.75) is 0 Å². The second kappa shape index (κ2) is 6.49. The van der Waals surface area contributed by atoms with Gasteiger partial charge < -0.3 is 9.84 Å². The fourth-order valence-electron chi connectivity index (χ4n) is 1.58. The Hall–Kier alpha value is -2.21. The monoisotopic (exact) mass is 354 g/mol. The molecule has 108 valence electrons. The van der Waals surface area contributed by atoms with Gasteiger partial charge in [-0.1, -0.05) is 28.1 Å². The van der Waals surface area contributed by atoms with Gasteiger partial charge in [0.15, 0.2) is 11.6 Å². The molecule has 0 aromatic heterocycles. The van der Waals surface area contributed by atoms with E-state index < -0.39 is 17.6 Å². The van der Waals surface area contributed by atoms with Gasteiger partial charge in [0.2, 0.25) is 5.82 Å². The lowest BCUT2D eigenvalue weighted by molar-refractivity contribution is -0.131. The molecule has 0 amide bonds. The number of halogens is 3. The summed E-state index contributed by atoms with van der Waals surface area (Å²) in [5.74, 6) is -3.33. The summed E-state index contributed by atoms with van der Waals surface area (Å²) in [6.07, 6.45) is 2.24. The Balaban J connectivity index is 2.40. The van der Waals surface area contributed by atoms with E-state index in [-0.39, 0.29) is 11.5 Å². The minimum atomic E-state index is -1.12. The maximum atomic E-state index is 13.6. The molecular weight excluding hydrogens is 346 g/mol.